The van der Waals surface area contributed by atoms with E-state index < -0.39 is 0 Å². The lowest BCUT2D eigenvalue weighted by atomic mass is 9.97. The number of hydrogen-bond donors (Lipinski definition) is 1. The van der Waals surface area contributed by atoms with Crippen LogP contribution in [0, 0.1) is 5.92 Å². The van der Waals surface area contributed by atoms with Crippen LogP contribution in [-0.2, 0) is 11.3 Å². The van der Waals surface area contributed by atoms with Crippen LogP contribution in [0.25, 0.3) is 0 Å². The number of carbonyl (C=O) groups excluding carboxylic acids is 2. The van der Waals surface area contributed by atoms with Crippen LogP contribution in [0.15, 0.2) is 24.5 Å². The van der Waals surface area contributed by atoms with Gasteiger partial charge in [-0.3, -0.25) is 9.78 Å². The van der Waals surface area contributed by atoms with Gasteiger partial charge in [-0.2, -0.15) is 0 Å². The molecule has 0 bridgehead atoms. The highest BCUT2D eigenvalue weighted by molar-refractivity contribution is 5.80. The van der Waals surface area contributed by atoms with Crippen LogP contribution in [0.5, 0.6) is 0 Å². The van der Waals surface area contributed by atoms with Crippen LogP contribution >= 0.6 is 0 Å². The largest absolute Gasteiger partial charge is 0.352 e. The Balaban J connectivity index is 1.86. The Hall–Kier alpha value is -2.11. The molecule has 0 aromatic carbocycles. The second-order valence-electron chi connectivity index (χ2n) is 5.54. The SMILES string of the molecule is CN(C)C(=O)N1CCC[C@@H](C(=O)NCc2cccnc2)C1. The summed E-state index contributed by atoms with van der Waals surface area (Å²) in [5.41, 5.74) is 0.975. The van der Waals surface area contributed by atoms with Crippen LogP contribution in [0.1, 0.15) is 18.4 Å². The number of aromatic nitrogens is 1. The van der Waals surface area contributed by atoms with Crippen LogP contribution < -0.4 is 5.32 Å². The van der Waals surface area contributed by atoms with Crippen molar-refractivity contribution in [1.29, 1.82) is 0 Å². The van der Waals surface area contributed by atoms with Gasteiger partial charge in [0, 0.05) is 46.1 Å². The average molecular weight is 290 g/mol. The van der Waals surface area contributed by atoms with E-state index in [1.165, 1.54) is 0 Å². The van der Waals surface area contributed by atoms with Gasteiger partial charge < -0.3 is 15.1 Å². The fourth-order valence-electron chi connectivity index (χ4n) is 2.48. The number of rotatable bonds is 3. The van der Waals surface area contributed by atoms with Gasteiger partial charge in [-0.15, -0.1) is 0 Å². The first-order valence-corrected chi connectivity index (χ1v) is 7.21. The van der Waals surface area contributed by atoms with Gasteiger partial charge in [0.1, 0.15) is 0 Å². The summed E-state index contributed by atoms with van der Waals surface area (Å²) in [6, 6.07) is 3.75. The van der Waals surface area contributed by atoms with E-state index in [-0.39, 0.29) is 17.9 Å². The molecular weight excluding hydrogens is 268 g/mol. The van der Waals surface area contributed by atoms with Gasteiger partial charge in [-0.25, -0.2) is 4.79 Å². The quantitative estimate of drug-likeness (QED) is 0.906. The molecule has 1 aromatic rings. The minimum atomic E-state index is -0.126. The summed E-state index contributed by atoms with van der Waals surface area (Å²) in [6.45, 7) is 1.70. The zero-order valence-corrected chi connectivity index (χ0v) is 12.6. The highest BCUT2D eigenvalue weighted by Gasteiger charge is 2.28. The molecular formula is C15H22N4O2. The molecule has 1 atom stereocenters. The number of pyridine rings is 1. The zero-order chi connectivity index (χ0) is 15.2. The summed E-state index contributed by atoms with van der Waals surface area (Å²) in [6.07, 6.45) is 5.14. The van der Waals surface area contributed by atoms with Crippen molar-refractivity contribution in [2.45, 2.75) is 19.4 Å². The Kier molecular flexibility index (Phi) is 5.14. The van der Waals surface area contributed by atoms with Gasteiger partial charge in [-0.1, -0.05) is 6.07 Å². The van der Waals surface area contributed by atoms with Crippen molar-refractivity contribution in [3.63, 3.8) is 0 Å². The molecule has 21 heavy (non-hydrogen) atoms. The predicted molar refractivity (Wildman–Crippen MR) is 79.5 cm³/mol. The number of amides is 3. The molecule has 1 saturated heterocycles. The van der Waals surface area contributed by atoms with E-state index in [1.807, 2.05) is 12.1 Å². The Morgan fingerprint density at radius 3 is 2.95 bits per heavy atom. The van der Waals surface area contributed by atoms with Crippen LogP contribution in [0.3, 0.4) is 0 Å². The molecule has 0 saturated carbocycles. The maximum atomic E-state index is 12.2. The molecule has 1 aliphatic rings. The molecule has 6 nitrogen and oxygen atoms in total. The standard InChI is InChI=1S/C15H22N4O2/c1-18(2)15(21)19-8-4-6-13(11-19)14(20)17-10-12-5-3-7-16-9-12/h3,5,7,9,13H,4,6,8,10-11H2,1-2H3,(H,17,20)/t13-/m1/s1. The van der Waals surface area contributed by atoms with Crippen LogP contribution in [0.4, 0.5) is 4.79 Å². The molecule has 1 aromatic heterocycles. The lowest BCUT2D eigenvalue weighted by molar-refractivity contribution is -0.126. The molecule has 0 unspecified atom stereocenters. The summed E-state index contributed by atoms with van der Waals surface area (Å²) in [5.74, 6) is -0.116. The molecule has 2 heterocycles. The summed E-state index contributed by atoms with van der Waals surface area (Å²) < 4.78 is 0. The van der Waals surface area contributed by atoms with Gasteiger partial charge in [0.2, 0.25) is 5.91 Å². The van der Waals surface area contributed by atoms with E-state index >= 15 is 0 Å². The normalized spacial score (nSPS) is 18.2. The van der Waals surface area contributed by atoms with Crippen molar-refractivity contribution in [3.8, 4) is 0 Å². The fourth-order valence-corrected chi connectivity index (χ4v) is 2.48. The maximum Gasteiger partial charge on any atom is 0.319 e. The summed E-state index contributed by atoms with van der Waals surface area (Å²) in [5, 5.41) is 2.93. The van der Waals surface area contributed by atoms with Gasteiger partial charge in [0.05, 0.1) is 5.92 Å². The number of piperidine rings is 1. The molecule has 1 fully saturated rings. The Morgan fingerprint density at radius 1 is 1.48 bits per heavy atom. The summed E-state index contributed by atoms with van der Waals surface area (Å²) in [4.78, 5) is 31.5. The Morgan fingerprint density at radius 2 is 2.29 bits per heavy atom. The summed E-state index contributed by atoms with van der Waals surface area (Å²) in [7, 11) is 3.46. The minimum absolute atomic E-state index is 0.00936. The van der Waals surface area contributed by atoms with Gasteiger partial charge >= 0.3 is 6.03 Å². The van der Waals surface area contributed by atoms with Crippen molar-refractivity contribution in [2.24, 2.45) is 5.92 Å². The molecule has 3 amide bonds. The lowest BCUT2D eigenvalue weighted by Crippen LogP contribution is -2.48. The van der Waals surface area contributed by atoms with E-state index in [1.54, 1.807) is 36.3 Å². The third kappa shape index (κ3) is 4.18. The average Bonchev–Trinajstić information content (AvgIpc) is 2.53. The molecule has 114 valence electrons. The van der Waals surface area contributed by atoms with Crippen molar-refractivity contribution < 1.29 is 9.59 Å². The van der Waals surface area contributed by atoms with Gasteiger partial charge in [-0.05, 0) is 24.5 Å². The first kappa shape index (κ1) is 15.3. The Bertz CT molecular complexity index is 490. The molecule has 2 rings (SSSR count). The molecule has 0 spiro atoms. The number of likely N-dealkylation sites (tertiary alicyclic amines) is 1. The molecule has 1 N–H and O–H groups in total. The summed E-state index contributed by atoms with van der Waals surface area (Å²) >= 11 is 0. The third-order valence-electron chi connectivity index (χ3n) is 3.63. The molecule has 0 radical (unpaired) electrons. The Labute approximate surface area is 125 Å². The molecule has 6 heteroatoms. The third-order valence-corrected chi connectivity index (χ3v) is 3.63. The zero-order valence-electron chi connectivity index (χ0n) is 12.6. The van der Waals surface area contributed by atoms with E-state index in [0.717, 1.165) is 24.9 Å². The molecule has 1 aliphatic heterocycles. The van der Waals surface area contributed by atoms with Crippen molar-refractivity contribution in [3.05, 3.63) is 30.1 Å². The number of carbonyl (C=O) groups is 2. The second kappa shape index (κ2) is 7.06. The second-order valence-corrected chi connectivity index (χ2v) is 5.54. The molecule has 0 aliphatic carbocycles. The van der Waals surface area contributed by atoms with Crippen LogP contribution in [0.2, 0.25) is 0 Å². The van der Waals surface area contributed by atoms with Crippen molar-refractivity contribution in [2.75, 3.05) is 27.2 Å². The topological polar surface area (TPSA) is 65.5 Å². The first-order valence-electron chi connectivity index (χ1n) is 7.21. The van der Waals surface area contributed by atoms with Crippen molar-refractivity contribution in [1.82, 2.24) is 20.1 Å². The maximum absolute atomic E-state index is 12.2. The smallest absolute Gasteiger partial charge is 0.319 e. The fraction of sp³-hybridized carbons (Fsp3) is 0.533. The van der Waals surface area contributed by atoms with E-state index in [9.17, 15) is 9.59 Å². The van der Waals surface area contributed by atoms with E-state index in [0.29, 0.717) is 13.1 Å². The lowest BCUT2D eigenvalue weighted by Gasteiger charge is -2.33. The number of urea groups is 1. The van der Waals surface area contributed by atoms with Crippen LogP contribution in [-0.4, -0.2) is 53.9 Å². The first-order chi connectivity index (χ1) is 10.1. The van der Waals surface area contributed by atoms with E-state index in [2.05, 4.69) is 10.3 Å². The minimum Gasteiger partial charge on any atom is -0.352 e. The highest BCUT2D eigenvalue weighted by atomic mass is 16.2. The van der Waals surface area contributed by atoms with Crippen molar-refractivity contribution >= 4 is 11.9 Å². The highest BCUT2D eigenvalue weighted by Crippen LogP contribution is 2.17. The number of hydrogen-bond acceptors (Lipinski definition) is 3. The number of nitrogens with zero attached hydrogens (tertiary/aromatic N) is 3. The number of nitrogens with one attached hydrogen (secondary N) is 1. The van der Waals surface area contributed by atoms with Gasteiger partial charge in [0.25, 0.3) is 0 Å². The monoisotopic (exact) mass is 290 g/mol. The van der Waals surface area contributed by atoms with Gasteiger partial charge in [0.15, 0.2) is 0 Å². The van der Waals surface area contributed by atoms with E-state index in [4.69, 9.17) is 0 Å². The predicted octanol–water partition coefficient (Wildman–Crippen LogP) is 1.09.